The number of hydrogen-bond acceptors (Lipinski definition) is 2. The van der Waals surface area contributed by atoms with Gasteiger partial charge in [-0.05, 0) is 42.5 Å². The Labute approximate surface area is 121 Å². The van der Waals surface area contributed by atoms with Crippen molar-refractivity contribution < 1.29 is 4.74 Å². The smallest absolute Gasteiger partial charge is 0.123 e. The molecule has 1 aromatic carbocycles. The number of methoxy groups -OCH3 is 1. The van der Waals surface area contributed by atoms with Gasteiger partial charge in [0, 0.05) is 17.0 Å². The molecule has 0 spiro atoms. The van der Waals surface area contributed by atoms with Crippen molar-refractivity contribution in [3.05, 3.63) is 28.3 Å². The number of nitrogens with two attached hydrogens (primary N) is 1. The largest absolute Gasteiger partial charge is 0.496 e. The van der Waals surface area contributed by atoms with Crippen LogP contribution in [0, 0.1) is 0 Å². The van der Waals surface area contributed by atoms with Gasteiger partial charge in [-0.3, -0.25) is 0 Å². The summed E-state index contributed by atoms with van der Waals surface area (Å²) in [6, 6.07) is 4.03. The summed E-state index contributed by atoms with van der Waals surface area (Å²) in [4.78, 5) is 0. The highest BCUT2D eigenvalue weighted by Gasteiger charge is 2.35. The van der Waals surface area contributed by atoms with E-state index in [1.54, 1.807) is 7.11 Å². The van der Waals surface area contributed by atoms with Crippen LogP contribution in [0.2, 0.25) is 5.02 Å². The second kappa shape index (κ2) is 6.15. The maximum Gasteiger partial charge on any atom is 0.123 e. The summed E-state index contributed by atoms with van der Waals surface area (Å²) in [5.41, 5.74) is 8.85. The molecule has 0 heterocycles. The van der Waals surface area contributed by atoms with Crippen molar-refractivity contribution in [2.45, 2.75) is 50.9 Å². The average Bonchev–Trinajstić information content (AvgIpc) is 2.46. The minimum Gasteiger partial charge on any atom is -0.496 e. The van der Waals surface area contributed by atoms with E-state index >= 15 is 0 Å². The minimum absolute atomic E-state index is 0.0990. The molecule has 0 aliphatic heterocycles. The van der Waals surface area contributed by atoms with Crippen LogP contribution < -0.4 is 10.5 Å². The van der Waals surface area contributed by atoms with Gasteiger partial charge < -0.3 is 10.5 Å². The molecule has 19 heavy (non-hydrogen) atoms. The number of halogens is 1. The Morgan fingerprint density at radius 3 is 2.47 bits per heavy atom. The van der Waals surface area contributed by atoms with E-state index in [0.717, 1.165) is 17.2 Å². The number of ether oxygens (including phenoxy) is 1. The van der Waals surface area contributed by atoms with Crippen molar-refractivity contribution in [2.75, 3.05) is 13.7 Å². The fourth-order valence-corrected chi connectivity index (χ4v) is 3.65. The summed E-state index contributed by atoms with van der Waals surface area (Å²) in [6.45, 7) is 2.87. The van der Waals surface area contributed by atoms with Crippen LogP contribution in [0.15, 0.2) is 12.1 Å². The fraction of sp³-hybridized carbons (Fsp3) is 0.625. The molecule has 1 aliphatic rings. The highest BCUT2D eigenvalue weighted by Crippen LogP contribution is 2.43. The molecule has 0 bridgehead atoms. The van der Waals surface area contributed by atoms with Gasteiger partial charge in [-0.25, -0.2) is 0 Å². The Morgan fingerprint density at radius 1 is 1.26 bits per heavy atom. The van der Waals surface area contributed by atoms with E-state index in [0.29, 0.717) is 6.54 Å². The van der Waals surface area contributed by atoms with Gasteiger partial charge >= 0.3 is 0 Å². The quantitative estimate of drug-likeness (QED) is 0.903. The average molecular weight is 282 g/mol. The van der Waals surface area contributed by atoms with Crippen molar-refractivity contribution in [1.82, 2.24) is 0 Å². The van der Waals surface area contributed by atoms with E-state index < -0.39 is 0 Å². The zero-order chi connectivity index (χ0) is 13.9. The third-order valence-corrected chi connectivity index (χ3v) is 4.74. The van der Waals surface area contributed by atoms with Gasteiger partial charge in [0.1, 0.15) is 5.75 Å². The molecule has 1 aliphatic carbocycles. The molecular formula is C16H24ClNO. The molecule has 1 fully saturated rings. The lowest BCUT2D eigenvalue weighted by molar-refractivity contribution is 0.297. The van der Waals surface area contributed by atoms with Crippen molar-refractivity contribution in [3.8, 4) is 5.75 Å². The third kappa shape index (κ3) is 2.75. The van der Waals surface area contributed by atoms with Crippen molar-refractivity contribution in [1.29, 1.82) is 0 Å². The second-order valence-corrected chi connectivity index (χ2v) is 5.97. The summed E-state index contributed by atoms with van der Waals surface area (Å²) >= 11 is 6.28. The first kappa shape index (κ1) is 14.7. The van der Waals surface area contributed by atoms with Gasteiger partial charge in [0.2, 0.25) is 0 Å². The van der Waals surface area contributed by atoms with Gasteiger partial charge in [-0.2, -0.15) is 0 Å². The summed E-state index contributed by atoms with van der Waals surface area (Å²) in [5.74, 6) is 0.906. The summed E-state index contributed by atoms with van der Waals surface area (Å²) in [5, 5.41) is 0.752. The zero-order valence-electron chi connectivity index (χ0n) is 12.0. The lowest BCUT2D eigenvalue weighted by atomic mass is 9.68. The lowest BCUT2D eigenvalue weighted by Crippen LogP contribution is -2.38. The lowest BCUT2D eigenvalue weighted by Gasteiger charge is -2.38. The Morgan fingerprint density at radius 2 is 1.95 bits per heavy atom. The predicted octanol–water partition coefficient (Wildman–Crippen LogP) is 4.07. The SMILES string of the molecule is CCc1c(OC)cc(Cl)cc1C1(CN)CCCCC1. The Kier molecular flexibility index (Phi) is 4.75. The normalized spacial score (nSPS) is 18.3. The topological polar surface area (TPSA) is 35.2 Å². The maximum absolute atomic E-state index is 6.28. The van der Waals surface area contributed by atoms with Crippen LogP contribution in [-0.2, 0) is 11.8 Å². The fourth-order valence-electron chi connectivity index (χ4n) is 3.44. The first-order valence-corrected chi connectivity index (χ1v) is 7.61. The first-order chi connectivity index (χ1) is 9.16. The van der Waals surface area contributed by atoms with Crippen LogP contribution in [0.5, 0.6) is 5.75 Å². The number of hydrogen-bond donors (Lipinski definition) is 1. The molecule has 1 aromatic rings. The van der Waals surface area contributed by atoms with Crippen LogP contribution in [0.1, 0.15) is 50.2 Å². The highest BCUT2D eigenvalue weighted by molar-refractivity contribution is 6.30. The van der Waals surface area contributed by atoms with E-state index in [-0.39, 0.29) is 5.41 Å². The van der Waals surface area contributed by atoms with E-state index in [2.05, 4.69) is 13.0 Å². The molecule has 2 nitrogen and oxygen atoms in total. The van der Waals surface area contributed by atoms with Gasteiger partial charge in [-0.15, -0.1) is 0 Å². The Hall–Kier alpha value is -0.730. The molecule has 106 valence electrons. The number of benzene rings is 1. The van der Waals surface area contributed by atoms with Crippen LogP contribution in [-0.4, -0.2) is 13.7 Å². The number of rotatable bonds is 4. The van der Waals surface area contributed by atoms with Crippen LogP contribution in [0.4, 0.5) is 0 Å². The monoisotopic (exact) mass is 281 g/mol. The maximum atomic E-state index is 6.28. The van der Waals surface area contributed by atoms with E-state index in [4.69, 9.17) is 22.1 Å². The summed E-state index contributed by atoms with van der Waals surface area (Å²) < 4.78 is 5.51. The van der Waals surface area contributed by atoms with E-state index in [1.807, 2.05) is 6.07 Å². The van der Waals surface area contributed by atoms with E-state index in [1.165, 1.54) is 43.2 Å². The van der Waals surface area contributed by atoms with E-state index in [9.17, 15) is 0 Å². The standard InChI is InChI=1S/C16H24ClNO/c1-3-13-14(9-12(17)10-15(13)19-2)16(11-18)7-5-4-6-8-16/h9-10H,3-8,11,18H2,1-2H3. The third-order valence-electron chi connectivity index (χ3n) is 4.52. The van der Waals surface area contributed by atoms with Crippen LogP contribution >= 0.6 is 11.6 Å². The first-order valence-electron chi connectivity index (χ1n) is 7.24. The molecule has 2 rings (SSSR count). The summed E-state index contributed by atoms with van der Waals surface area (Å²) in [6.07, 6.45) is 7.13. The predicted molar refractivity (Wildman–Crippen MR) is 81.2 cm³/mol. The van der Waals surface area contributed by atoms with Crippen molar-refractivity contribution >= 4 is 11.6 Å². The highest BCUT2D eigenvalue weighted by atomic mass is 35.5. The van der Waals surface area contributed by atoms with Gasteiger partial charge in [-0.1, -0.05) is 37.8 Å². The molecule has 0 amide bonds. The van der Waals surface area contributed by atoms with Gasteiger partial charge in [0.25, 0.3) is 0 Å². The molecule has 1 saturated carbocycles. The van der Waals surface area contributed by atoms with Crippen LogP contribution in [0.25, 0.3) is 0 Å². The second-order valence-electron chi connectivity index (χ2n) is 5.53. The Balaban J connectivity index is 2.55. The van der Waals surface area contributed by atoms with Gasteiger partial charge in [0.15, 0.2) is 0 Å². The molecule has 0 atom stereocenters. The molecule has 2 N–H and O–H groups in total. The Bertz CT molecular complexity index is 439. The van der Waals surface area contributed by atoms with Crippen molar-refractivity contribution in [2.24, 2.45) is 5.73 Å². The zero-order valence-corrected chi connectivity index (χ0v) is 12.7. The molecule has 0 unspecified atom stereocenters. The molecule has 3 heteroatoms. The van der Waals surface area contributed by atoms with Gasteiger partial charge in [0.05, 0.1) is 7.11 Å². The van der Waals surface area contributed by atoms with Crippen LogP contribution in [0.3, 0.4) is 0 Å². The molecule has 0 saturated heterocycles. The molecule has 0 aromatic heterocycles. The molecule has 0 radical (unpaired) electrons. The minimum atomic E-state index is 0.0990. The molecular weight excluding hydrogens is 258 g/mol. The van der Waals surface area contributed by atoms with Crippen molar-refractivity contribution in [3.63, 3.8) is 0 Å². The summed E-state index contributed by atoms with van der Waals surface area (Å²) in [7, 11) is 1.71.